The van der Waals surface area contributed by atoms with Gasteiger partial charge in [0.1, 0.15) is 17.5 Å². The summed E-state index contributed by atoms with van der Waals surface area (Å²) in [6, 6.07) is 6.10. The van der Waals surface area contributed by atoms with E-state index in [0.717, 1.165) is 12.1 Å². The largest absolute Gasteiger partial charge is 0.504 e. The van der Waals surface area contributed by atoms with Crippen molar-refractivity contribution in [3.63, 3.8) is 0 Å². The zero-order chi connectivity index (χ0) is 22.1. The molecule has 0 spiro atoms. The second-order valence-corrected chi connectivity index (χ2v) is 6.69. The number of anilines is 1. The zero-order valence-electron chi connectivity index (χ0n) is 16.1. The topological polar surface area (TPSA) is 88.1 Å². The van der Waals surface area contributed by atoms with E-state index in [1.807, 2.05) is 0 Å². The Bertz CT molecular complexity index is 977. The average Bonchev–Trinajstić information content (AvgIpc) is 3.01. The maximum absolute atomic E-state index is 12.7. The van der Waals surface area contributed by atoms with Crippen molar-refractivity contribution >= 4 is 17.5 Å². The first-order chi connectivity index (χ1) is 14.1. The number of methoxy groups -OCH3 is 1. The molecule has 0 aromatic heterocycles. The second kappa shape index (κ2) is 8.13. The predicted molar refractivity (Wildman–Crippen MR) is 101 cm³/mol. The molecule has 160 valence electrons. The first kappa shape index (κ1) is 21.3. The van der Waals surface area contributed by atoms with Gasteiger partial charge in [-0.25, -0.2) is 0 Å². The molecule has 0 bridgehead atoms. The van der Waals surface area contributed by atoms with E-state index in [1.54, 1.807) is 7.05 Å². The highest BCUT2D eigenvalue weighted by molar-refractivity contribution is 6.00. The molecule has 2 aromatic carbocycles. The number of benzene rings is 2. The van der Waals surface area contributed by atoms with Gasteiger partial charge in [-0.2, -0.15) is 13.2 Å². The van der Waals surface area contributed by atoms with Gasteiger partial charge in [-0.1, -0.05) is 0 Å². The Hall–Kier alpha value is -3.43. The third kappa shape index (κ3) is 4.42. The van der Waals surface area contributed by atoms with Crippen LogP contribution in [-0.2, 0) is 15.8 Å². The fourth-order valence-corrected chi connectivity index (χ4v) is 3.08. The Balaban J connectivity index is 1.81. The number of halogens is 3. The van der Waals surface area contributed by atoms with Crippen LogP contribution in [-0.4, -0.2) is 42.0 Å². The van der Waals surface area contributed by atoms with Crippen LogP contribution in [0.4, 0.5) is 18.9 Å². The lowest BCUT2D eigenvalue weighted by molar-refractivity contribution is -0.137. The SMILES string of the molecule is COc1ccc(Oc2ccc(C(F)(F)F)cc2O)cc1NC(=O)C1CCC(=O)N1C. The van der Waals surface area contributed by atoms with Gasteiger partial charge in [0.15, 0.2) is 11.5 Å². The van der Waals surface area contributed by atoms with Gasteiger partial charge in [-0.05, 0) is 36.8 Å². The van der Waals surface area contributed by atoms with Gasteiger partial charge >= 0.3 is 6.18 Å². The van der Waals surface area contributed by atoms with Gasteiger partial charge in [0, 0.05) is 19.5 Å². The molecule has 10 heteroatoms. The molecule has 1 aliphatic rings. The van der Waals surface area contributed by atoms with Gasteiger partial charge in [0.05, 0.1) is 18.4 Å². The Morgan fingerprint density at radius 1 is 1.20 bits per heavy atom. The number of phenols is 1. The maximum Gasteiger partial charge on any atom is 0.416 e. The Morgan fingerprint density at radius 3 is 2.47 bits per heavy atom. The summed E-state index contributed by atoms with van der Waals surface area (Å²) in [5.74, 6) is -0.937. The average molecular weight is 424 g/mol. The fourth-order valence-electron chi connectivity index (χ4n) is 3.08. The normalized spacial score (nSPS) is 16.5. The molecule has 30 heavy (non-hydrogen) atoms. The number of hydrogen-bond donors (Lipinski definition) is 2. The van der Waals surface area contributed by atoms with Crippen molar-refractivity contribution in [2.24, 2.45) is 0 Å². The van der Waals surface area contributed by atoms with Gasteiger partial charge in [0.25, 0.3) is 0 Å². The minimum atomic E-state index is -4.59. The maximum atomic E-state index is 12.7. The van der Waals surface area contributed by atoms with Gasteiger partial charge in [-0.15, -0.1) is 0 Å². The first-order valence-electron chi connectivity index (χ1n) is 8.92. The van der Waals surface area contributed by atoms with Crippen molar-refractivity contribution in [2.75, 3.05) is 19.5 Å². The van der Waals surface area contributed by atoms with E-state index in [0.29, 0.717) is 18.2 Å². The molecule has 0 saturated carbocycles. The number of likely N-dealkylation sites (tertiary alicyclic amines) is 1. The lowest BCUT2D eigenvalue weighted by atomic mass is 10.2. The standard InChI is InChI=1S/C20H19F3N2O5/c1-25-14(5-8-18(25)27)19(28)24-13-10-12(4-7-16(13)29-2)30-17-6-3-11(9-15(17)26)20(21,22)23/h3-4,6-7,9-10,14,26H,5,8H2,1-2H3,(H,24,28). The molecular formula is C20H19F3N2O5. The lowest BCUT2D eigenvalue weighted by Gasteiger charge is -2.20. The highest BCUT2D eigenvalue weighted by Gasteiger charge is 2.34. The summed E-state index contributed by atoms with van der Waals surface area (Å²) in [4.78, 5) is 25.6. The van der Waals surface area contributed by atoms with E-state index in [1.165, 1.54) is 30.2 Å². The van der Waals surface area contributed by atoms with E-state index in [-0.39, 0.29) is 29.5 Å². The van der Waals surface area contributed by atoms with Crippen molar-refractivity contribution in [1.82, 2.24) is 4.90 Å². The molecular weight excluding hydrogens is 405 g/mol. The van der Waals surface area contributed by atoms with Crippen LogP contribution in [0.2, 0.25) is 0 Å². The highest BCUT2D eigenvalue weighted by Crippen LogP contribution is 2.39. The molecule has 2 amide bonds. The number of hydrogen-bond acceptors (Lipinski definition) is 5. The third-order valence-electron chi connectivity index (χ3n) is 4.74. The molecule has 2 aromatic rings. The molecule has 1 heterocycles. The number of rotatable bonds is 5. The van der Waals surface area contributed by atoms with Crippen LogP contribution in [0.5, 0.6) is 23.0 Å². The summed E-state index contributed by atoms with van der Waals surface area (Å²) in [6.45, 7) is 0. The number of nitrogens with zero attached hydrogens (tertiary/aromatic N) is 1. The molecule has 1 unspecified atom stereocenters. The van der Waals surface area contributed by atoms with E-state index in [2.05, 4.69) is 5.32 Å². The number of carbonyl (C=O) groups is 2. The molecule has 1 atom stereocenters. The molecule has 0 aliphatic carbocycles. The lowest BCUT2D eigenvalue weighted by Crippen LogP contribution is -2.38. The highest BCUT2D eigenvalue weighted by atomic mass is 19.4. The number of ether oxygens (including phenoxy) is 2. The minimum absolute atomic E-state index is 0.128. The van der Waals surface area contributed by atoms with Crippen LogP contribution in [0.25, 0.3) is 0 Å². The molecule has 0 radical (unpaired) electrons. The number of carbonyl (C=O) groups excluding carboxylic acids is 2. The van der Waals surface area contributed by atoms with Gasteiger partial charge < -0.3 is 24.8 Å². The van der Waals surface area contributed by atoms with Crippen molar-refractivity contribution in [2.45, 2.75) is 25.1 Å². The fraction of sp³-hybridized carbons (Fsp3) is 0.300. The van der Waals surface area contributed by atoms with Gasteiger partial charge in [0.2, 0.25) is 11.8 Å². The van der Waals surface area contributed by atoms with Gasteiger partial charge in [-0.3, -0.25) is 9.59 Å². The van der Waals surface area contributed by atoms with Crippen LogP contribution in [0.3, 0.4) is 0 Å². The summed E-state index contributed by atoms with van der Waals surface area (Å²) >= 11 is 0. The number of aromatic hydroxyl groups is 1. The Kier molecular flexibility index (Phi) is 5.77. The summed E-state index contributed by atoms with van der Waals surface area (Å²) < 4.78 is 48.9. The predicted octanol–water partition coefficient (Wildman–Crippen LogP) is 3.77. The van der Waals surface area contributed by atoms with E-state index in [4.69, 9.17) is 9.47 Å². The molecule has 1 fully saturated rings. The minimum Gasteiger partial charge on any atom is -0.504 e. The number of phenolic OH excluding ortho intramolecular Hbond substituents is 1. The zero-order valence-corrected chi connectivity index (χ0v) is 16.1. The Labute approximate surface area is 170 Å². The van der Waals surface area contributed by atoms with E-state index in [9.17, 15) is 27.9 Å². The number of nitrogens with one attached hydrogen (secondary N) is 1. The van der Waals surface area contributed by atoms with Crippen molar-refractivity contribution in [1.29, 1.82) is 0 Å². The molecule has 1 aliphatic heterocycles. The van der Waals surface area contributed by atoms with E-state index >= 15 is 0 Å². The molecule has 3 rings (SSSR count). The number of amides is 2. The van der Waals surface area contributed by atoms with Crippen LogP contribution in [0, 0.1) is 0 Å². The van der Waals surface area contributed by atoms with Crippen LogP contribution >= 0.6 is 0 Å². The summed E-state index contributed by atoms with van der Waals surface area (Å²) in [5.41, 5.74) is -0.760. The molecule has 1 saturated heterocycles. The number of likely N-dealkylation sites (N-methyl/N-ethyl adjacent to an activating group) is 1. The molecule has 7 nitrogen and oxygen atoms in total. The summed E-state index contributed by atoms with van der Waals surface area (Å²) in [6.07, 6.45) is -3.93. The smallest absolute Gasteiger partial charge is 0.416 e. The first-order valence-corrected chi connectivity index (χ1v) is 8.92. The molecule has 2 N–H and O–H groups in total. The van der Waals surface area contributed by atoms with Crippen LogP contribution < -0.4 is 14.8 Å². The van der Waals surface area contributed by atoms with E-state index < -0.39 is 29.4 Å². The van der Waals surface area contributed by atoms with Crippen molar-refractivity contribution < 1.29 is 37.3 Å². The quantitative estimate of drug-likeness (QED) is 0.763. The Morgan fingerprint density at radius 2 is 1.90 bits per heavy atom. The van der Waals surface area contributed by atoms with Crippen LogP contribution in [0.1, 0.15) is 18.4 Å². The third-order valence-corrected chi connectivity index (χ3v) is 4.74. The number of alkyl halides is 3. The summed E-state index contributed by atoms with van der Waals surface area (Å²) in [7, 11) is 2.95. The van der Waals surface area contributed by atoms with Crippen LogP contribution in [0.15, 0.2) is 36.4 Å². The summed E-state index contributed by atoms with van der Waals surface area (Å²) in [5, 5.41) is 12.5. The monoisotopic (exact) mass is 424 g/mol. The second-order valence-electron chi connectivity index (χ2n) is 6.69. The van der Waals surface area contributed by atoms with Crippen molar-refractivity contribution in [3.8, 4) is 23.0 Å². The van der Waals surface area contributed by atoms with Crippen molar-refractivity contribution in [3.05, 3.63) is 42.0 Å².